The second-order valence-corrected chi connectivity index (χ2v) is 9.00. The number of rotatable bonds is 6. The van der Waals surface area contributed by atoms with Gasteiger partial charge >= 0.3 is 0 Å². The van der Waals surface area contributed by atoms with Crippen LogP contribution in [0.3, 0.4) is 0 Å². The van der Waals surface area contributed by atoms with E-state index in [0.717, 1.165) is 11.1 Å². The lowest BCUT2D eigenvalue weighted by Gasteiger charge is -2.35. The van der Waals surface area contributed by atoms with Crippen molar-refractivity contribution >= 4 is 29.1 Å². The SMILES string of the molecule is Cc1ccc(Cl)c(OCc2ccc(C(=O)N3CCN(Cc4c(F)cccc4Cl)CC3)cc2)c1. The van der Waals surface area contributed by atoms with Gasteiger partial charge in [-0.3, -0.25) is 9.69 Å². The Bertz CT molecular complexity index is 1110. The van der Waals surface area contributed by atoms with E-state index in [-0.39, 0.29) is 11.7 Å². The largest absolute Gasteiger partial charge is 0.487 e. The van der Waals surface area contributed by atoms with Crippen LogP contribution in [0.2, 0.25) is 10.0 Å². The van der Waals surface area contributed by atoms with Gasteiger partial charge in [0.15, 0.2) is 0 Å². The number of hydrogen-bond donors (Lipinski definition) is 0. The van der Waals surface area contributed by atoms with Crippen molar-refractivity contribution < 1.29 is 13.9 Å². The maximum Gasteiger partial charge on any atom is 0.253 e. The van der Waals surface area contributed by atoms with Crippen molar-refractivity contribution in [2.45, 2.75) is 20.1 Å². The van der Waals surface area contributed by atoms with Gasteiger partial charge in [0, 0.05) is 48.9 Å². The van der Waals surface area contributed by atoms with Gasteiger partial charge in [-0.05, 0) is 54.4 Å². The molecule has 1 aliphatic heterocycles. The van der Waals surface area contributed by atoms with Crippen LogP contribution in [0.25, 0.3) is 0 Å². The van der Waals surface area contributed by atoms with Gasteiger partial charge in [-0.15, -0.1) is 0 Å². The second-order valence-electron chi connectivity index (χ2n) is 8.19. The highest BCUT2D eigenvalue weighted by molar-refractivity contribution is 6.32. The quantitative estimate of drug-likeness (QED) is 0.429. The number of halogens is 3. The molecule has 1 aliphatic rings. The van der Waals surface area contributed by atoms with Crippen LogP contribution < -0.4 is 4.74 Å². The van der Waals surface area contributed by atoms with Crippen molar-refractivity contribution in [1.29, 1.82) is 0 Å². The van der Waals surface area contributed by atoms with Crippen LogP contribution in [0, 0.1) is 12.7 Å². The zero-order valence-corrected chi connectivity index (χ0v) is 19.9. The van der Waals surface area contributed by atoms with Gasteiger partial charge < -0.3 is 9.64 Å². The number of aryl methyl sites for hydroxylation is 1. The molecule has 0 aliphatic carbocycles. The highest BCUT2D eigenvalue weighted by Gasteiger charge is 2.23. The molecule has 1 fully saturated rings. The molecule has 0 atom stereocenters. The van der Waals surface area contributed by atoms with Gasteiger partial charge in [-0.25, -0.2) is 4.39 Å². The number of hydrogen-bond acceptors (Lipinski definition) is 3. The van der Waals surface area contributed by atoms with Gasteiger partial charge in [0.25, 0.3) is 5.91 Å². The molecule has 3 aromatic carbocycles. The maximum absolute atomic E-state index is 14.1. The number of piperazine rings is 1. The molecular formula is C26H25Cl2FN2O2. The number of carbonyl (C=O) groups excluding carboxylic acids is 1. The molecular weight excluding hydrogens is 462 g/mol. The Balaban J connectivity index is 1.30. The summed E-state index contributed by atoms with van der Waals surface area (Å²) in [5, 5.41) is 1.01. The minimum absolute atomic E-state index is 0.00669. The Morgan fingerprint density at radius 3 is 2.39 bits per heavy atom. The Morgan fingerprint density at radius 1 is 0.970 bits per heavy atom. The average molecular weight is 487 g/mol. The molecule has 0 N–H and O–H groups in total. The monoisotopic (exact) mass is 486 g/mol. The van der Waals surface area contributed by atoms with E-state index < -0.39 is 0 Å². The molecule has 0 saturated carbocycles. The van der Waals surface area contributed by atoms with E-state index in [1.165, 1.54) is 6.07 Å². The zero-order valence-electron chi connectivity index (χ0n) is 18.4. The predicted molar refractivity (Wildman–Crippen MR) is 130 cm³/mol. The van der Waals surface area contributed by atoms with Crippen molar-refractivity contribution in [2.24, 2.45) is 0 Å². The van der Waals surface area contributed by atoms with Gasteiger partial charge in [-0.1, -0.05) is 47.5 Å². The first kappa shape index (κ1) is 23.6. The van der Waals surface area contributed by atoms with E-state index in [9.17, 15) is 9.18 Å². The van der Waals surface area contributed by atoms with E-state index >= 15 is 0 Å². The van der Waals surface area contributed by atoms with Gasteiger partial charge in [-0.2, -0.15) is 0 Å². The van der Waals surface area contributed by atoms with Gasteiger partial charge in [0.2, 0.25) is 0 Å². The summed E-state index contributed by atoms with van der Waals surface area (Å²) in [5.74, 6) is 0.342. The lowest BCUT2D eigenvalue weighted by Crippen LogP contribution is -2.48. The number of nitrogens with zero attached hydrogens (tertiary/aromatic N) is 2. The Hall–Kier alpha value is -2.60. The summed E-state index contributed by atoms with van der Waals surface area (Å²) >= 11 is 12.3. The fourth-order valence-corrected chi connectivity index (χ4v) is 4.22. The highest BCUT2D eigenvalue weighted by atomic mass is 35.5. The third kappa shape index (κ3) is 5.85. The van der Waals surface area contributed by atoms with Crippen LogP contribution in [-0.4, -0.2) is 41.9 Å². The number of benzene rings is 3. The Labute approximate surface area is 203 Å². The van der Waals surface area contributed by atoms with E-state index in [1.807, 2.05) is 54.3 Å². The lowest BCUT2D eigenvalue weighted by molar-refractivity contribution is 0.0627. The molecule has 4 rings (SSSR count). The zero-order chi connectivity index (χ0) is 23.4. The number of ether oxygens (including phenoxy) is 1. The fraction of sp³-hybridized carbons (Fsp3) is 0.269. The summed E-state index contributed by atoms with van der Waals surface area (Å²) in [6.07, 6.45) is 0. The number of carbonyl (C=O) groups is 1. The predicted octanol–water partition coefficient (Wildman–Crippen LogP) is 5.98. The molecule has 172 valence electrons. The molecule has 1 amide bonds. The molecule has 0 spiro atoms. The molecule has 7 heteroatoms. The van der Waals surface area contributed by atoms with Gasteiger partial charge in [0.05, 0.1) is 5.02 Å². The van der Waals surface area contributed by atoms with Crippen LogP contribution in [0.15, 0.2) is 60.7 Å². The minimum Gasteiger partial charge on any atom is -0.487 e. The lowest BCUT2D eigenvalue weighted by atomic mass is 10.1. The Morgan fingerprint density at radius 2 is 1.70 bits per heavy atom. The molecule has 33 heavy (non-hydrogen) atoms. The van der Waals surface area contributed by atoms with Crippen LogP contribution in [0.1, 0.15) is 27.0 Å². The summed E-state index contributed by atoms with van der Waals surface area (Å²) in [5.41, 5.74) is 3.17. The van der Waals surface area contributed by atoms with Crippen molar-refractivity contribution in [3.05, 3.63) is 98.8 Å². The molecule has 4 nitrogen and oxygen atoms in total. The molecule has 1 heterocycles. The summed E-state index contributed by atoms with van der Waals surface area (Å²) in [6, 6.07) is 17.8. The molecule has 3 aromatic rings. The standard InChI is InChI=1S/C26H25Cl2FN2O2/c1-18-5-10-23(28)25(15-18)33-17-19-6-8-20(9-7-19)26(32)31-13-11-30(12-14-31)16-21-22(27)3-2-4-24(21)29/h2-10,15H,11-14,16-17H2,1H3. The third-order valence-corrected chi connectivity index (χ3v) is 6.45. The fourth-order valence-electron chi connectivity index (χ4n) is 3.82. The highest BCUT2D eigenvalue weighted by Crippen LogP contribution is 2.26. The van der Waals surface area contributed by atoms with E-state index in [2.05, 4.69) is 4.90 Å². The third-order valence-electron chi connectivity index (χ3n) is 5.78. The minimum atomic E-state index is -0.297. The van der Waals surface area contributed by atoms with Crippen molar-refractivity contribution in [1.82, 2.24) is 9.80 Å². The van der Waals surface area contributed by atoms with Crippen LogP contribution >= 0.6 is 23.2 Å². The van der Waals surface area contributed by atoms with E-state index in [1.54, 1.807) is 12.1 Å². The molecule has 0 unspecified atom stereocenters. The van der Waals surface area contributed by atoms with Crippen LogP contribution in [-0.2, 0) is 13.2 Å². The summed E-state index contributed by atoms with van der Waals surface area (Å²) in [4.78, 5) is 16.9. The first-order chi connectivity index (χ1) is 15.9. The molecule has 1 saturated heterocycles. The molecule has 0 aromatic heterocycles. The van der Waals surface area contributed by atoms with E-state index in [0.29, 0.717) is 66.3 Å². The topological polar surface area (TPSA) is 32.8 Å². The van der Waals surface area contributed by atoms with Crippen molar-refractivity contribution in [2.75, 3.05) is 26.2 Å². The summed E-state index contributed by atoms with van der Waals surface area (Å²) in [7, 11) is 0. The average Bonchev–Trinajstić information content (AvgIpc) is 2.82. The van der Waals surface area contributed by atoms with E-state index in [4.69, 9.17) is 27.9 Å². The van der Waals surface area contributed by atoms with Crippen LogP contribution in [0.5, 0.6) is 5.75 Å². The van der Waals surface area contributed by atoms with Crippen LogP contribution in [0.4, 0.5) is 4.39 Å². The maximum atomic E-state index is 14.1. The number of amides is 1. The molecule has 0 bridgehead atoms. The Kier molecular flexibility index (Phi) is 7.53. The molecule has 0 radical (unpaired) electrons. The smallest absolute Gasteiger partial charge is 0.253 e. The first-order valence-electron chi connectivity index (χ1n) is 10.8. The van der Waals surface area contributed by atoms with Crippen molar-refractivity contribution in [3.63, 3.8) is 0 Å². The summed E-state index contributed by atoms with van der Waals surface area (Å²) < 4.78 is 19.9. The van der Waals surface area contributed by atoms with Crippen molar-refractivity contribution in [3.8, 4) is 5.75 Å². The summed E-state index contributed by atoms with van der Waals surface area (Å²) in [6.45, 7) is 5.29. The second kappa shape index (κ2) is 10.6. The first-order valence-corrected chi connectivity index (χ1v) is 11.6. The van der Waals surface area contributed by atoms with Gasteiger partial charge in [0.1, 0.15) is 18.2 Å². The normalized spacial score (nSPS) is 14.4.